The monoisotopic (exact) mass is 339 g/mol. The molecule has 1 N–H and O–H groups in total. The molecule has 3 unspecified atom stereocenters. The van der Waals surface area contributed by atoms with Crippen molar-refractivity contribution in [2.24, 2.45) is 5.92 Å². The Morgan fingerprint density at radius 3 is 2.80 bits per heavy atom. The van der Waals surface area contributed by atoms with Gasteiger partial charge in [0.1, 0.15) is 0 Å². The number of benzene rings is 2. The number of aliphatic carboxylic acids is 1. The summed E-state index contributed by atoms with van der Waals surface area (Å²) in [7, 11) is 0. The van der Waals surface area contributed by atoms with Crippen molar-refractivity contribution in [2.75, 3.05) is 19.8 Å². The highest BCUT2D eigenvalue weighted by atomic mass is 16.5. The Morgan fingerprint density at radius 2 is 1.96 bits per heavy atom. The molecule has 5 heteroatoms. The summed E-state index contributed by atoms with van der Waals surface area (Å²) in [4.78, 5) is 25.7. The van der Waals surface area contributed by atoms with Gasteiger partial charge < -0.3 is 14.7 Å². The van der Waals surface area contributed by atoms with E-state index in [1.165, 1.54) is 16.3 Å². The summed E-state index contributed by atoms with van der Waals surface area (Å²) in [6.07, 6.45) is 0.779. The second kappa shape index (κ2) is 6.48. The Hall–Kier alpha value is -2.40. The van der Waals surface area contributed by atoms with Gasteiger partial charge in [0, 0.05) is 12.5 Å². The number of fused-ring (bicyclic) bond motifs is 1. The third-order valence-electron chi connectivity index (χ3n) is 5.25. The fourth-order valence-electron chi connectivity index (χ4n) is 3.91. The molecule has 2 aromatic rings. The molecular weight excluding hydrogens is 318 g/mol. The topological polar surface area (TPSA) is 66.8 Å². The van der Waals surface area contributed by atoms with Gasteiger partial charge in [-0.2, -0.15) is 0 Å². The van der Waals surface area contributed by atoms with E-state index in [-0.39, 0.29) is 30.2 Å². The summed E-state index contributed by atoms with van der Waals surface area (Å²) >= 11 is 0. The minimum absolute atomic E-state index is 0.0415. The van der Waals surface area contributed by atoms with E-state index in [1.54, 1.807) is 4.90 Å². The molecule has 4 rings (SSSR count). The van der Waals surface area contributed by atoms with Gasteiger partial charge in [-0.15, -0.1) is 0 Å². The van der Waals surface area contributed by atoms with Crippen LogP contribution in [0, 0.1) is 5.92 Å². The Bertz CT molecular complexity index is 813. The lowest BCUT2D eigenvalue weighted by Crippen LogP contribution is -2.50. The van der Waals surface area contributed by atoms with E-state index in [0.29, 0.717) is 19.8 Å². The highest BCUT2D eigenvalue weighted by Gasteiger charge is 2.47. The van der Waals surface area contributed by atoms with Gasteiger partial charge in [0.25, 0.3) is 0 Å². The number of ether oxygens (including phenoxy) is 1. The minimum Gasteiger partial charge on any atom is -0.481 e. The van der Waals surface area contributed by atoms with Crippen molar-refractivity contribution < 1.29 is 19.4 Å². The molecular formula is C20H21NO4. The van der Waals surface area contributed by atoms with Crippen LogP contribution in [0.1, 0.15) is 24.3 Å². The number of hydrogen-bond donors (Lipinski definition) is 1. The fraction of sp³-hybridized carbons (Fsp3) is 0.400. The van der Waals surface area contributed by atoms with Gasteiger partial charge in [-0.25, -0.2) is 0 Å². The first-order valence-corrected chi connectivity index (χ1v) is 8.73. The third kappa shape index (κ3) is 3.12. The maximum Gasteiger partial charge on any atom is 0.305 e. The summed E-state index contributed by atoms with van der Waals surface area (Å²) in [5.41, 5.74) is 1.22. The molecule has 5 nitrogen and oxygen atoms in total. The number of carboxylic acid groups (broad SMARTS) is 1. The Labute approximate surface area is 146 Å². The number of rotatable bonds is 4. The summed E-state index contributed by atoms with van der Waals surface area (Å²) in [5, 5.41) is 11.5. The lowest BCUT2D eigenvalue weighted by atomic mass is 9.99. The molecule has 1 aliphatic heterocycles. The predicted octanol–water partition coefficient (Wildman–Crippen LogP) is 2.65. The molecule has 1 saturated heterocycles. The number of amides is 1. The van der Waals surface area contributed by atoms with Crippen molar-refractivity contribution >= 4 is 22.6 Å². The fourth-order valence-corrected chi connectivity index (χ4v) is 3.91. The molecule has 2 aromatic carbocycles. The van der Waals surface area contributed by atoms with Gasteiger partial charge >= 0.3 is 5.97 Å². The van der Waals surface area contributed by atoms with E-state index in [9.17, 15) is 9.59 Å². The van der Waals surface area contributed by atoms with Crippen LogP contribution in [0.2, 0.25) is 0 Å². The molecule has 1 heterocycles. The van der Waals surface area contributed by atoms with E-state index in [0.717, 1.165) is 6.42 Å². The zero-order valence-corrected chi connectivity index (χ0v) is 13.9. The maximum atomic E-state index is 12.9. The molecule has 0 aromatic heterocycles. The van der Waals surface area contributed by atoms with Crippen LogP contribution in [0.4, 0.5) is 0 Å². The van der Waals surface area contributed by atoms with Gasteiger partial charge in [-0.3, -0.25) is 9.59 Å². The molecule has 0 bridgehead atoms. The molecule has 1 saturated carbocycles. The second-order valence-corrected chi connectivity index (χ2v) is 6.88. The van der Waals surface area contributed by atoms with Gasteiger partial charge in [0.05, 0.1) is 25.7 Å². The molecule has 1 aliphatic carbocycles. The Balaban J connectivity index is 1.53. The van der Waals surface area contributed by atoms with Gasteiger partial charge in [0.2, 0.25) is 5.91 Å². The molecule has 2 fully saturated rings. The van der Waals surface area contributed by atoms with E-state index < -0.39 is 5.97 Å². The SMILES string of the molecule is O=C(O)CC1COCCN1C(=O)C1CC1c1cccc2ccccc12. The molecule has 2 aliphatic rings. The number of carboxylic acids is 1. The van der Waals surface area contributed by atoms with E-state index >= 15 is 0 Å². The summed E-state index contributed by atoms with van der Waals surface area (Å²) in [5.74, 6) is -0.630. The van der Waals surface area contributed by atoms with E-state index in [1.807, 2.05) is 18.2 Å². The predicted molar refractivity (Wildman–Crippen MR) is 93.4 cm³/mol. The molecule has 3 atom stereocenters. The lowest BCUT2D eigenvalue weighted by molar-refractivity contribution is -0.147. The van der Waals surface area contributed by atoms with Crippen molar-refractivity contribution in [1.82, 2.24) is 4.90 Å². The number of carbonyl (C=O) groups is 2. The normalized spacial score (nSPS) is 25.8. The summed E-state index contributed by atoms with van der Waals surface area (Å²) in [6.45, 7) is 1.27. The van der Waals surface area contributed by atoms with Crippen molar-refractivity contribution in [3.63, 3.8) is 0 Å². The van der Waals surface area contributed by atoms with Crippen LogP contribution >= 0.6 is 0 Å². The van der Waals surface area contributed by atoms with Gasteiger partial charge in [0.15, 0.2) is 0 Å². The maximum absolute atomic E-state index is 12.9. The van der Waals surface area contributed by atoms with E-state index in [2.05, 4.69) is 24.3 Å². The summed E-state index contributed by atoms with van der Waals surface area (Å²) in [6, 6.07) is 14.1. The Kier molecular flexibility index (Phi) is 4.17. The highest BCUT2D eigenvalue weighted by Crippen LogP contribution is 2.50. The zero-order valence-electron chi connectivity index (χ0n) is 13.9. The van der Waals surface area contributed by atoms with Crippen LogP contribution in [-0.2, 0) is 14.3 Å². The third-order valence-corrected chi connectivity index (χ3v) is 5.25. The van der Waals surface area contributed by atoms with Crippen LogP contribution in [0.25, 0.3) is 10.8 Å². The van der Waals surface area contributed by atoms with Crippen LogP contribution in [0.15, 0.2) is 42.5 Å². The highest BCUT2D eigenvalue weighted by molar-refractivity contribution is 5.90. The van der Waals surface area contributed by atoms with Crippen molar-refractivity contribution in [3.05, 3.63) is 48.0 Å². The molecule has 0 spiro atoms. The average Bonchev–Trinajstić information content (AvgIpc) is 3.41. The largest absolute Gasteiger partial charge is 0.481 e. The van der Waals surface area contributed by atoms with E-state index in [4.69, 9.17) is 9.84 Å². The Morgan fingerprint density at radius 1 is 1.16 bits per heavy atom. The first kappa shape index (κ1) is 16.1. The first-order chi connectivity index (χ1) is 12.1. The van der Waals surface area contributed by atoms with Crippen molar-refractivity contribution in [2.45, 2.75) is 24.8 Å². The smallest absolute Gasteiger partial charge is 0.305 e. The number of nitrogens with zero attached hydrogens (tertiary/aromatic N) is 1. The van der Waals surface area contributed by atoms with Crippen molar-refractivity contribution in [1.29, 1.82) is 0 Å². The first-order valence-electron chi connectivity index (χ1n) is 8.73. The average molecular weight is 339 g/mol. The van der Waals surface area contributed by atoms with Gasteiger partial charge in [-0.1, -0.05) is 42.5 Å². The number of hydrogen-bond acceptors (Lipinski definition) is 3. The standard InChI is InChI=1S/C20H21NO4/c22-19(23)10-14-12-25-9-8-21(14)20(24)18-11-17(18)16-7-3-5-13-4-1-2-6-15(13)16/h1-7,14,17-18H,8-12H2,(H,22,23). The van der Waals surface area contributed by atoms with Crippen LogP contribution in [0.3, 0.4) is 0 Å². The second-order valence-electron chi connectivity index (χ2n) is 6.88. The molecule has 1 amide bonds. The number of morpholine rings is 1. The molecule has 25 heavy (non-hydrogen) atoms. The summed E-state index contributed by atoms with van der Waals surface area (Å²) < 4.78 is 5.38. The van der Waals surface area contributed by atoms with Crippen LogP contribution in [-0.4, -0.2) is 47.7 Å². The molecule has 130 valence electrons. The number of carbonyl (C=O) groups excluding carboxylic acids is 1. The van der Waals surface area contributed by atoms with Gasteiger partial charge in [-0.05, 0) is 28.7 Å². The minimum atomic E-state index is -0.894. The zero-order chi connectivity index (χ0) is 17.4. The lowest BCUT2D eigenvalue weighted by Gasteiger charge is -2.35. The van der Waals surface area contributed by atoms with Crippen molar-refractivity contribution in [3.8, 4) is 0 Å². The van der Waals surface area contributed by atoms with Crippen LogP contribution in [0.5, 0.6) is 0 Å². The van der Waals surface area contributed by atoms with Crippen LogP contribution < -0.4 is 0 Å². The molecule has 0 radical (unpaired) electrons. The quantitative estimate of drug-likeness (QED) is 0.930.